The van der Waals surface area contributed by atoms with Crippen molar-refractivity contribution >= 4 is 17.7 Å². The van der Waals surface area contributed by atoms with Gasteiger partial charge in [0.2, 0.25) is 5.95 Å². The Kier molecular flexibility index (Phi) is 6.67. The highest BCUT2D eigenvalue weighted by Crippen LogP contribution is 2.26. The van der Waals surface area contributed by atoms with Crippen molar-refractivity contribution in [1.29, 1.82) is 0 Å². The van der Waals surface area contributed by atoms with Gasteiger partial charge in [-0.2, -0.15) is 4.98 Å². The third kappa shape index (κ3) is 5.65. The number of nitrogens with zero attached hydrogens (tertiary/aromatic N) is 3. The van der Waals surface area contributed by atoms with Crippen molar-refractivity contribution in [2.75, 3.05) is 30.9 Å². The third-order valence-corrected chi connectivity index (χ3v) is 5.46. The summed E-state index contributed by atoms with van der Waals surface area (Å²) in [5.41, 5.74) is 1.86. The summed E-state index contributed by atoms with van der Waals surface area (Å²) < 4.78 is 13.7. The molecule has 29 heavy (non-hydrogen) atoms. The summed E-state index contributed by atoms with van der Waals surface area (Å²) in [7, 11) is 3.94. The van der Waals surface area contributed by atoms with Gasteiger partial charge in [0.15, 0.2) is 0 Å². The molecule has 3 rings (SSSR count). The van der Waals surface area contributed by atoms with Gasteiger partial charge in [-0.25, -0.2) is 9.37 Å². The van der Waals surface area contributed by atoms with E-state index in [4.69, 9.17) is 0 Å². The molecule has 7 heteroatoms. The number of aromatic nitrogens is 2. The topological polar surface area (TPSA) is 70.2 Å². The molecule has 6 nitrogen and oxygen atoms in total. The molecular formula is C22H30FN5O. The van der Waals surface area contributed by atoms with Crippen LogP contribution in [0.4, 0.5) is 16.2 Å². The summed E-state index contributed by atoms with van der Waals surface area (Å²) >= 11 is 0. The Morgan fingerprint density at radius 1 is 1.14 bits per heavy atom. The zero-order chi connectivity index (χ0) is 21.0. The molecule has 2 N–H and O–H groups in total. The monoisotopic (exact) mass is 399 g/mol. The maximum Gasteiger partial charge on any atom is 0.251 e. The predicted molar refractivity (Wildman–Crippen MR) is 114 cm³/mol. The first-order valence-electron chi connectivity index (χ1n) is 10.2. The molecule has 1 saturated carbocycles. The number of carbonyl (C=O) groups is 1. The molecule has 1 amide bonds. The Balaban J connectivity index is 1.47. The van der Waals surface area contributed by atoms with Crippen molar-refractivity contribution in [2.24, 2.45) is 5.92 Å². The van der Waals surface area contributed by atoms with Gasteiger partial charge in [-0.05, 0) is 63.1 Å². The van der Waals surface area contributed by atoms with Gasteiger partial charge < -0.3 is 15.5 Å². The van der Waals surface area contributed by atoms with Crippen LogP contribution in [-0.4, -0.2) is 42.6 Å². The maximum absolute atomic E-state index is 13.7. The van der Waals surface area contributed by atoms with Crippen molar-refractivity contribution in [3.8, 4) is 0 Å². The summed E-state index contributed by atoms with van der Waals surface area (Å²) in [6.07, 6.45) is 4.06. The van der Waals surface area contributed by atoms with Crippen molar-refractivity contribution in [2.45, 2.75) is 45.6 Å². The molecule has 1 fully saturated rings. The fourth-order valence-corrected chi connectivity index (χ4v) is 3.61. The van der Waals surface area contributed by atoms with Crippen LogP contribution in [0.3, 0.4) is 0 Å². The molecule has 0 bridgehead atoms. The molecule has 0 saturated heterocycles. The van der Waals surface area contributed by atoms with Gasteiger partial charge in [-0.1, -0.05) is 6.07 Å². The van der Waals surface area contributed by atoms with E-state index in [2.05, 4.69) is 20.6 Å². The second kappa shape index (κ2) is 9.20. The minimum absolute atomic E-state index is 0.214. The molecule has 1 heterocycles. The number of aryl methyl sites for hydroxylation is 2. The number of halogens is 1. The van der Waals surface area contributed by atoms with E-state index in [1.165, 1.54) is 6.07 Å². The van der Waals surface area contributed by atoms with Crippen LogP contribution in [0.25, 0.3) is 0 Å². The van der Waals surface area contributed by atoms with Crippen molar-refractivity contribution in [3.63, 3.8) is 0 Å². The zero-order valence-electron chi connectivity index (χ0n) is 17.6. The number of carbonyl (C=O) groups excluding carboxylic acids is 1. The van der Waals surface area contributed by atoms with Crippen LogP contribution in [0.1, 0.15) is 47.3 Å². The van der Waals surface area contributed by atoms with E-state index in [1.807, 2.05) is 32.0 Å². The molecule has 1 aliphatic carbocycles. The Labute approximate surface area is 171 Å². The smallest absolute Gasteiger partial charge is 0.251 e. The first kappa shape index (κ1) is 21.0. The second-order valence-corrected chi connectivity index (χ2v) is 8.12. The van der Waals surface area contributed by atoms with E-state index in [1.54, 1.807) is 19.1 Å². The second-order valence-electron chi connectivity index (χ2n) is 8.12. The van der Waals surface area contributed by atoms with Crippen molar-refractivity contribution < 1.29 is 9.18 Å². The first-order chi connectivity index (χ1) is 13.8. The number of hydrogen-bond donors (Lipinski definition) is 2. The Bertz CT molecular complexity index is 862. The number of hydrogen-bond acceptors (Lipinski definition) is 5. The van der Waals surface area contributed by atoms with Gasteiger partial charge in [-0.15, -0.1) is 0 Å². The summed E-state index contributed by atoms with van der Waals surface area (Å²) in [6.45, 7) is 4.28. The average molecular weight is 400 g/mol. The fraction of sp³-hybridized carbons (Fsp3) is 0.500. The summed E-state index contributed by atoms with van der Waals surface area (Å²) in [6, 6.07) is 6.90. The fourth-order valence-electron chi connectivity index (χ4n) is 3.61. The molecule has 1 aromatic heterocycles. The van der Waals surface area contributed by atoms with Crippen LogP contribution < -0.4 is 15.5 Å². The van der Waals surface area contributed by atoms with Crippen molar-refractivity contribution in [3.05, 3.63) is 46.9 Å². The molecule has 0 aliphatic heterocycles. The highest BCUT2D eigenvalue weighted by Gasteiger charge is 2.22. The number of rotatable bonds is 6. The van der Waals surface area contributed by atoms with Crippen LogP contribution in [0, 0.1) is 25.6 Å². The van der Waals surface area contributed by atoms with Crippen LogP contribution >= 0.6 is 0 Å². The lowest BCUT2D eigenvalue weighted by molar-refractivity contribution is 0.0943. The Morgan fingerprint density at radius 2 is 1.86 bits per heavy atom. The minimum atomic E-state index is -0.347. The normalized spacial score (nSPS) is 18.9. The van der Waals surface area contributed by atoms with Crippen LogP contribution in [-0.2, 0) is 0 Å². The summed E-state index contributed by atoms with van der Waals surface area (Å²) in [5.74, 6) is 1.44. The molecule has 0 spiro atoms. The molecule has 0 unspecified atom stereocenters. The van der Waals surface area contributed by atoms with Gasteiger partial charge in [-0.3, -0.25) is 4.79 Å². The van der Waals surface area contributed by atoms with Gasteiger partial charge in [0, 0.05) is 44.0 Å². The van der Waals surface area contributed by atoms with E-state index in [-0.39, 0.29) is 11.7 Å². The lowest BCUT2D eigenvalue weighted by Crippen LogP contribution is -2.34. The lowest BCUT2D eigenvalue weighted by atomic mass is 9.86. The van der Waals surface area contributed by atoms with Crippen molar-refractivity contribution in [1.82, 2.24) is 15.3 Å². The van der Waals surface area contributed by atoms with E-state index in [0.717, 1.165) is 37.2 Å². The van der Waals surface area contributed by atoms with Gasteiger partial charge in [0.05, 0.1) is 0 Å². The predicted octanol–water partition coefficient (Wildman–Crippen LogP) is 3.70. The SMILES string of the molecule is Cc1cc(N(C)C)nc(NC2CCC(CNC(=O)c3ccc(C)c(F)c3)CC2)n1. The molecule has 156 valence electrons. The Morgan fingerprint density at radius 3 is 2.52 bits per heavy atom. The molecule has 0 radical (unpaired) electrons. The van der Waals surface area contributed by atoms with Gasteiger partial charge in [0.25, 0.3) is 5.91 Å². The highest BCUT2D eigenvalue weighted by atomic mass is 19.1. The molecule has 2 aromatic rings. The zero-order valence-corrected chi connectivity index (χ0v) is 17.6. The van der Waals surface area contributed by atoms with Crippen LogP contribution in [0.5, 0.6) is 0 Å². The van der Waals surface area contributed by atoms with E-state index < -0.39 is 0 Å². The van der Waals surface area contributed by atoms with E-state index in [9.17, 15) is 9.18 Å². The maximum atomic E-state index is 13.7. The van der Waals surface area contributed by atoms with Crippen LogP contribution in [0.15, 0.2) is 24.3 Å². The van der Waals surface area contributed by atoms with E-state index >= 15 is 0 Å². The number of benzene rings is 1. The van der Waals surface area contributed by atoms with Crippen LogP contribution in [0.2, 0.25) is 0 Å². The molecule has 1 aliphatic rings. The first-order valence-corrected chi connectivity index (χ1v) is 10.2. The number of nitrogens with one attached hydrogen (secondary N) is 2. The largest absolute Gasteiger partial charge is 0.363 e. The average Bonchev–Trinajstić information content (AvgIpc) is 2.69. The summed E-state index contributed by atoms with van der Waals surface area (Å²) in [4.78, 5) is 23.3. The minimum Gasteiger partial charge on any atom is -0.363 e. The standard InChI is InChI=1S/C22H30FN5O/c1-14-5-8-17(12-19(14)23)21(29)24-13-16-6-9-18(10-7-16)26-22-25-15(2)11-20(27-22)28(3)4/h5,8,11-12,16,18H,6-7,9-10,13H2,1-4H3,(H,24,29)(H,25,26,27). The highest BCUT2D eigenvalue weighted by molar-refractivity contribution is 5.94. The molecular weight excluding hydrogens is 369 g/mol. The Hall–Kier alpha value is -2.70. The number of anilines is 2. The summed E-state index contributed by atoms with van der Waals surface area (Å²) in [5, 5.41) is 6.41. The quantitative estimate of drug-likeness (QED) is 0.775. The van der Waals surface area contributed by atoms with E-state index in [0.29, 0.717) is 35.6 Å². The van der Waals surface area contributed by atoms with Gasteiger partial charge in [0.1, 0.15) is 11.6 Å². The molecule has 0 atom stereocenters. The molecule has 1 aromatic carbocycles. The third-order valence-electron chi connectivity index (χ3n) is 5.46. The van der Waals surface area contributed by atoms with Gasteiger partial charge >= 0.3 is 0 Å². The lowest BCUT2D eigenvalue weighted by Gasteiger charge is -2.29. The number of amides is 1.